The highest BCUT2D eigenvalue weighted by atomic mass is 16.8. The molecule has 6 nitrogen and oxygen atoms in total. The third kappa shape index (κ3) is 1.31. The van der Waals surface area contributed by atoms with Gasteiger partial charge in [0.05, 0.1) is 0 Å². The van der Waals surface area contributed by atoms with Crippen LogP contribution in [0.2, 0.25) is 0 Å². The molecular weight excluding hydrogens is 184 g/mol. The number of hydrogen-bond acceptors (Lipinski definition) is 6. The van der Waals surface area contributed by atoms with E-state index in [1.165, 1.54) is 5.01 Å². The van der Waals surface area contributed by atoms with Crippen LogP contribution in [-0.4, -0.2) is 38.9 Å². The molecule has 0 bridgehead atoms. The second kappa shape index (κ2) is 3.26. The van der Waals surface area contributed by atoms with Crippen LogP contribution in [0.3, 0.4) is 0 Å². The lowest BCUT2D eigenvalue weighted by Gasteiger charge is -2.20. The van der Waals surface area contributed by atoms with E-state index < -0.39 is 0 Å². The predicted molar refractivity (Wildman–Crippen MR) is 48.0 cm³/mol. The highest BCUT2D eigenvalue weighted by molar-refractivity contribution is 5.98. The molecule has 1 aliphatic rings. The lowest BCUT2D eigenvalue weighted by molar-refractivity contribution is -0.414. The van der Waals surface area contributed by atoms with Crippen LogP contribution in [0.15, 0.2) is 35.4 Å². The van der Waals surface area contributed by atoms with E-state index in [0.717, 1.165) is 5.56 Å². The second-order valence-corrected chi connectivity index (χ2v) is 2.85. The molecule has 0 fully saturated rings. The Hall–Kier alpha value is -1.63. The van der Waals surface area contributed by atoms with Gasteiger partial charge in [0.25, 0.3) is 0 Å². The fourth-order valence-electron chi connectivity index (χ4n) is 1.23. The average molecular weight is 194 g/mol. The molecule has 0 atom stereocenters. The molecule has 0 spiro atoms. The van der Waals surface area contributed by atoms with E-state index in [0.29, 0.717) is 16.4 Å². The first-order chi connectivity index (χ1) is 6.70. The Morgan fingerprint density at radius 3 is 2.29 bits per heavy atom. The Morgan fingerprint density at radius 2 is 1.79 bits per heavy atom. The summed E-state index contributed by atoms with van der Waals surface area (Å²) in [6.07, 6.45) is 0. The summed E-state index contributed by atoms with van der Waals surface area (Å²) >= 11 is 0. The molecule has 0 unspecified atom stereocenters. The van der Waals surface area contributed by atoms with Gasteiger partial charge in [0.2, 0.25) is 0 Å². The van der Waals surface area contributed by atoms with E-state index in [-0.39, 0.29) is 0 Å². The van der Waals surface area contributed by atoms with Crippen LogP contribution in [0.1, 0.15) is 5.56 Å². The summed E-state index contributed by atoms with van der Waals surface area (Å²) in [6, 6.07) is 9.26. The van der Waals surface area contributed by atoms with Crippen molar-refractivity contribution >= 4 is 5.84 Å². The van der Waals surface area contributed by atoms with Crippen molar-refractivity contribution in [1.29, 1.82) is 0 Å². The topological polar surface area (TPSA) is 62.5 Å². The Labute approximate surface area is 80.7 Å². The molecule has 2 N–H and O–H groups in total. The molecule has 6 heteroatoms. The summed E-state index contributed by atoms with van der Waals surface area (Å²) in [5.41, 5.74) is 0.811. The zero-order chi connectivity index (χ0) is 10.1. The fourth-order valence-corrected chi connectivity index (χ4v) is 1.23. The number of rotatable bonds is 1. The molecule has 0 saturated heterocycles. The largest absolute Gasteiger partial charge is 0.273 e. The first-order valence-corrected chi connectivity index (χ1v) is 4.06. The first kappa shape index (κ1) is 8.95. The van der Waals surface area contributed by atoms with Gasteiger partial charge < -0.3 is 0 Å². The lowest BCUT2D eigenvalue weighted by Crippen LogP contribution is -2.41. The number of benzene rings is 1. The smallest absolute Gasteiger partial charge is 0.177 e. The summed E-state index contributed by atoms with van der Waals surface area (Å²) in [4.78, 5) is 0. The van der Waals surface area contributed by atoms with Crippen LogP contribution >= 0.6 is 0 Å². The van der Waals surface area contributed by atoms with Crippen molar-refractivity contribution in [1.82, 2.24) is 15.6 Å². The highest BCUT2D eigenvalue weighted by Gasteiger charge is 2.27. The molecule has 0 amide bonds. The average Bonchev–Trinajstić information content (AvgIpc) is 2.47. The second-order valence-electron chi connectivity index (χ2n) is 2.85. The van der Waals surface area contributed by atoms with Crippen molar-refractivity contribution in [3.8, 4) is 0 Å². The number of hydrazine groups is 2. The van der Waals surface area contributed by atoms with Gasteiger partial charge >= 0.3 is 0 Å². The maximum absolute atomic E-state index is 9.22. The van der Waals surface area contributed by atoms with E-state index in [9.17, 15) is 5.21 Å². The summed E-state index contributed by atoms with van der Waals surface area (Å²) < 4.78 is 0. The molecule has 0 radical (unpaired) electrons. The molecule has 1 heterocycles. The van der Waals surface area contributed by atoms with Gasteiger partial charge in [-0.2, -0.15) is 0 Å². The predicted octanol–water partition coefficient (Wildman–Crippen LogP) is 0.506. The van der Waals surface area contributed by atoms with Gasteiger partial charge in [0.15, 0.2) is 5.84 Å². The van der Waals surface area contributed by atoms with Gasteiger partial charge in [-0.05, 0) is 5.28 Å². The van der Waals surface area contributed by atoms with Crippen molar-refractivity contribution in [3.05, 3.63) is 35.9 Å². The SMILES string of the molecule is CN1C(c2ccccc2)=NN(O)N1O. The monoisotopic (exact) mass is 194 g/mol. The van der Waals surface area contributed by atoms with Crippen LogP contribution in [0.4, 0.5) is 0 Å². The van der Waals surface area contributed by atoms with Crippen molar-refractivity contribution < 1.29 is 10.4 Å². The van der Waals surface area contributed by atoms with Crippen LogP contribution in [0.5, 0.6) is 0 Å². The summed E-state index contributed by atoms with van der Waals surface area (Å²) in [5.74, 6) is 0.468. The van der Waals surface area contributed by atoms with Gasteiger partial charge in [-0.1, -0.05) is 30.3 Å². The molecule has 0 saturated carbocycles. The Kier molecular flexibility index (Phi) is 2.08. The minimum atomic E-state index is 0.363. The normalized spacial score (nSPS) is 17.5. The van der Waals surface area contributed by atoms with Crippen molar-refractivity contribution in [3.63, 3.8) is 0 Å². The molecule has 1 aromatic rings. The minimum Gasteiger partial charge on any atom is -0.273 e. The van der Waals surface area contributed by atoms with Crippen molar-refractivity contribution in [2.24, 2.45) is 5.10 Å². The standard InChI is InChI=1S/C8H10N4O2/c1-10-8(9-11(13)12(10)14)7-5-3-2-4-6-7/h2-6,13-14H,1H3. The van der Waals surface area contributed by atoms with Gasteiger partial charge in [0.1, 0.15) is 0 Å². The first-order valence-electron chi connectivity index (χ1n) is 4.06. The van der Waals surface area contributed by atoms with E-state index in [1.807, 2.05) is 30.3 Å². The van der Waals surface area contributed by atoms with Gasteiger partial charge in [0, 0.05) is 17.9 Å². The number of amidine groups is 1. The van der Waals surface area contributed by atoms with E-state index >= 15 is 0 Å². The van der Waals surface area contributed by atoms with Crippen LogP contribution < -0.4 is 0 Å². The lowest BCUT2D eigenvalue weighted by atomic mass is 10.2. The maximum atomic E-state index is 9.22. The maximum Gasteiger partial charge on any atom is 0.177 e. The molecular formula is C8H10N4O2. The van der Waals surface area contributed by atoms with E-state index in [2.05, 4.69) is 5.10 Å². The Balaban J connectivity index is 2.33. The highest BCUT2D eigenvalue weighted by Crippen LogP contribution is 2.13. The quantitative estimate of drug-likeness (QED) is 0.681. The third-order valence-corrected chi connectivity index (χ3v) is 1.95. The molecule has 0 aromatic heterocycles. The van der Waals surface area contributed by atoms with Gasteiger partial charge in [-0.15, -0.1) is 5.10 Å². The van der Waals surface area contributed by atoms with Crippen LogP contribution in [0.25, 0.3) is 0 Å². The van der Waals surface area contributed by atoms with E-state index in [4.69, 9.17) is 5.21 Å². The Bertz CT molecular complexity index is 354. The molecule has 0 aliphatic carbocycles. The van der Waals surface area contributed by atoms with Gasteiger partial charge in [-0.25, -0.2) is 5.01 Å². The van der Waals surface area contributed by atoms with Crippen LogP contribution in [0, 0.1) is 0 Å². The minimum absolute atomic E-state index is 0.363. The summed E-state index contributed by atoms with van der Waals surface area (Å²) in [7, 11) is 1.59. The van der Waals surface area contributed by atoms with Crippen molar-refractivity contribution in [2.75, 3.05) is 7.05 Å². The fraction of sp³-hybridized carbons (Fsp3) is 0.125. The van der Waals surface area contributed by atoms with Crippen molar-refractivity contribution in [2.45, 2.75) is 0 Å². The third-order valence-electron chi connectivity index (χ3n) is 1.95. The Morgan fingerprint density at radius 1 is 1.14 bits per heavy atom. The molecule has 1 aliphatic heterocycles. The summed E-state index contributed by atoms with van der Waals surface area (Å²) in [5, 5.41) is 24.2. The number of hydrazone groups is 1. The zero-order valence-corrected chi connectivity index (χ0v) is 7.57. The van der Waals surface area contributed by atoms with Crippen LogP contribution in [-0.2, 0) is 0 Å². The molecule has 1 aromatic carbocycles. The molecule has 2 rings (SSSR count). The molecule has 74 valence electrons. The van der Waals surface area contributed by atoms with Gasteiger partial charge in [-0.3, -0.25) is 10.4 Å². The molecule has 14 heavy (non-hydrogen) atoms. The summed E-state index contributed by atoms with van der Waals surface area (Å²) in [6.45, 7) is 0. The zero-order valence-electron chi connectivity index (χ0n) is 7.57. The number of hydrogen-bond donors (Lipinski definition) is 2. The number of nitrogens with zero attached hydrogens (tertiary/aromatic N) is 4. The van der Waals surface area contributed by atoms with E-state index in [1.54, 1.807) is 7.05 Å².